The first-order valence-electron chi connectivity index (χ1n) is 12.3. The molecule has 1 saturated heterocycles. The summed E-state index contributed by atoms with van der Waals surface area (Å²) in [5.74, 6) is -1.27. The minimum absolute atomic E-state index is 0.0916. The van der Waals surface area contributed by atoms with E-state index in [0.29, 0.717) is 37.2 Å². The van der Waals surface area contributed by atoms with Crippen molar-refractivity contribution in [1.82, 2.24) is 9.80 Å². The fraction of sp³-hybridized carbons (Fsp3) is 0.276. The van der Waals surface area contributed by atoms with E-state index in [9.17, 15) is 14.4 Å². The number of likely N-dealkylation sites (N-methyl/N-ethyl adjacent to an activating group) is 1. The van der Waals surface area contributed by atoms with Crippen molar-refractivity contribution in [1.29, 1.82) is 0 Å². The Morgan fingerprint density at radius 2 is 1.62 bits per heavy atom. The summed E-state index contributed by atoms with van der Waals surface area (Å²) >= 11 is 0. The van der Waals surface area contributed by atoms with Crippen molar-refractivity contribution in [3.63, 3.8) is 0 Å². The van der Waals surface area contributed by atoms with Crippen molar-refractivity contribution in [3.8, 4) is 11.1 Å². The summed E-state index contributed by atoms with van der Waals surface area (Å²) in [5.41, 5.74) is 3.11. The second kappa shape index (κ2) is 12.2. The molecule has 2 amide bonds. The number of benzene rings is 3. The number of carbonyl (C=O) groups is 3. The predicted molar refractivity (Wildman–Crippen MR) is 142 cm³/mol. The molecule has 8 nitrogen and oxygen atoms in total. The minimum atomic E-state index is -1.06. The largest absolute Gasteiger partial charge is 0.478 e. The zero-order chi connectivity index (χ0) is 26.2. The Kier molecular flexibility index (Phi) is 8.53. The summed E-state index contributed by atoms with van der Waals surface area (Å²) in [7, 11) is 1.71. The standard InChI is InChI=1S/C29H31N3O5/c1-31(27(33)22-10-7-11-23(20-22)28(34)35)18-19-32-16-14-24(15-17-32)37-29(36)30-26-13-6-5-12-25(26)21-8-3-2-4-9-21/h2-13,20,24H,14-19H2,1H3,(H,30,36)(H,34,35). The minimum Gasteiger partial charge on any atom is -0.478 e. The smallest absolute Gasteiger partial charge is 0.411 e. The SMILES string of the molecule is CN(CCN1CCC(OC(=O)Nc2ccccc2-c2ccccc2)CC1)C(=O)c1cccc(C(=O)O)c1. The number of aromatic carboxylic acids is 1. The van der Waals surface area contributed by atoms with E-state index in [1.165, 1.54) is 12.1 Å². The maximum atomic E-state index is 12.7. The molecule has 1 heterocycles. The van der Waals surface area contributed by atoms with Crippen LogP contribution >= 0.6 is 0 Å². The number of nitrogens with one attached hydrogen (secondary N) is 1. The number of anilines is 1. The van der Waals surface area contributed by atoms with Gasteiger partial charge < -0.3 is 19.6 Å². The number of nitrogens with zero attached hydrogens (tertiary/aromatic N) is 2. The molecular weight excluding hydrogens is 470 g/mol. The Morgan fingerprint density at radius 1 is 0.946 bits per heavy atom. The molecule has 0 aliphatic carbocycles. The van der Waals surface area contributed by atoms with Gasteiger partial charge in [0.25, 0.3) is 5.91 Å². The van der Waals surface area contributed by atoms with Gasteiger partial charge in [-0.3, -0.25) is 10.1 Å². The molecule has 192 valence electrons. The van der Waals surface area contributed by atoms with Gasteiger partial charge in [-0.15, -0.1) is 0 Å². The van der Waals surface area contributed by atoms with Gasteiger partial charge in [0.05, 0.1) is 11.3 Å². The van der Waals surface area contributed by atoms with Gasteiger partial charge in [-0.2, -0.15) is 0 Å². The van der Waals surface area contributed by atoms with Crippen LogP contribution in [0, 0.1) is 0 Å². The average molecular weight is 502 g/mol. The molecule has 1 aliphatic heterocycles. The Hall–Kier alpha value is -4.17. The number of piperidine rings is 1. The molecule has 3 aromatic carbocycles. The summed E-state index contributed by atoms with van der Waals surface area (Å²) in [6.07, 6.45) is 0.798. The van der Waals surface area contributed by atoms with E-state index in [-0.39, 0.29) is 17.6 Å². The summed E-state index contributed by atoms with van der Waals surface area (Å²) < 4.78 is 5.70. The van der Waals surface area contributed by atoms with Crippen LogP contribution in [0.4, 0.5) is 10.5 Å². The molecule has 0 atom stereocenters. The Morgan fingerprint density at radius 3 is 2.35 bits per heavy atom. The first-order chi connectivity index (χ1) is 17.9. The van der Waals surface area contributed by atoms with Gasteiger partial charge in [-0.05, 0) is 42.7 Å². The topological polar surface area (TPSA) is 99.2 Å². The molecule has 0 aromatic heterocycles. The summed E-state index contributed by atoms with van der Waals surface area (Å²) in [5, 5.41) is 12.0. The number of hydrogen-bond donors (Lipinski definition) is 2. The lowest BCUT2D eigenvalue weighted by Crippen LogP contribution is -2.42. The average Bonchev–Trinajstić information content (AvgIpc) is 2.93. The third-order valence-corrected chi connectivity index (χ3v) is 6.51. The van der Waals surface area contributed by atoms with Gasteiger partial charge in [-0.25, -0.2) is 9.59 Å². The molecule has 37 heavy (non-hydrogen) atoms. The molecule has 2 N–H and O–H groups in total. The van der Waals surface area contributed by atoms with Crippen molar-refractivity contribution in [2.75, 3.05) is 38.5 Å². The molecular formula is C29H31N3O5. The number of amides is 2. The lowest BCUT2D eigenvalue weighted by Gasteiger charge is -2.32. The van der Waals surface area contributed by atoms with Crippen molar-refractivity contribution in [2.45, 2.75) is 18.9 Å². The molecule has 8 heteroatoms. The monoisotopic (exact) mass is 501 g/mol. The highest BCUT2D eigenvalue weighted by molar-refractivity contribution is 5.97. The van der Waals surface area contributed by atoms with E-state index in [1.807, 2.05) is 54.6 Å². The van der Waals surface area contributed by atoms with E-state index in [1.54, 1.807) is 24.1 Å². The quantitative estimate of drug-likeness (QED) is 0.458. The molecule has 0 saturated carbocycles. The number of para-hydroxylation sites is 1. The van der Waals surface area contributed by atoms with Gasteiger partial charge >= 0.3 is 12.1 Å². The van der Waals surface area contributed by atoms with E-state index < -0.39 is 12.1 Å². The highest BCUT2D eigenvalue weighted by Crippen LogP contribution is 2.28. The van der Waals surface area contributed by atoms with Crippen LogP contribution in [0.2, 0.25) is 0 Å². The highest BCUT2D eigenvalue weighted by Gasteiger charge is 2.23. The fourth-order valence-corrected chi connectivity index (χ4v) is 4.40. The third-order valence-electron chi connectivity index (χ3n) is 6.51. The van der Waals surface area contributed by atoms with E-state index in [0.717, 1.165) is 24.2 Å². The molecule has 1 fully saturated rings. The molecule has 0 bridgehead atoms. The predicted octanol–water partition coefficient (Wildman–Crippen LogP) is 4.84. The number of rotatable bonds is 8. The molecule has 0 spiro atoms. The summed E-state index contributed by atoms with van der Waals surface area (Å²) in [4.78, 5) is 40.3. The van der Waals surface area contributed by atoms with Crippen LogP contribution in [0.1, 0.15) is 33.6 Å². The molecule has 1 aliphatic rings. The molecule has 0 radical (unpaired) electrons. The van der Waals surface area contributed by atoms with Gasteiger partial charge in [-0.1, -0.05) is 54.6 Å². The van der Waals surface area contributed by atoms with Crippen molar-refractivity contribution < 1.29 is 24.2 Å². The second-order valence-corrected chi connectivity index (χ2v) is 9.10. The zero-order valence-electron chi connectivity index (χ0n) is 20.8. The first kappa shape index (κ1) is 25.9. The van der Waals surface area contributed by atoms with Crippen LogP contribution in [0.5, 0.6) is 0 Å². The number of carbonyl (C=O) groups excluding carboxylic acids is 2. The normalized spacial score (nSPS) is 14.1. The van der Waals surface area contributed by atoms with Crippen LogP contribution < -0.4 is 5.32 Å². The highest BCUT2D eigenvalue weighted by atomic mass is 16.6. The van der Waals surface area contributed by atoms with E-state index in [4.69, 9.17) is 9.84 Å². The van der Waals surface area contributed by atoms with Crippen LogP contribution in [0.25, 0.3) is 11.1 Å². The van der Waals surface area contributed by atoms with Crippen LogP contribution in [-0.2, 0) is 4.74 Å². The van der Waals surface area contributed by atoms with Crippen LogP contribution in [0.3, 0.4) is 0 Å². The Balaban J connectivity index is 1.22. The lowest BCUT2D eigenvalue weighted by atomic mass is 10.0. The first-order valence-corrected chi connectivity index (χ1v) is 12.3. The summed E-state index contributed by atoms with van der Waals surface area (Å²) in [6, 6.07) is 23.6. The number of ether oxygens (including phenoxy) is 1. The fourth-order valence-electron chi connectivity index (χ4n) is 4.40. The van der Waals surface area contributed by atoms with Crippen LogP contribution in [0.15, 0.2) is 78.9 Å². The van der Waals surface area contributed by atoms with Gasteiger partial charge in [0, 0.05) is 44.4 Å². The van der Waals surface area contributed by atoms with Gasteiger partial charge in [0.1, 0.15) is 6.10 Å². The lowest BCUT2D eigenvalue weighted by molar-refractivity contribution is 0.0539. The molecule has 0 unspecified atom stereocenters. The van der Waals surface area contributed by atoms with Gasteiger partial charge in [0.15, 0.2) is 0 Å². The summed E-state index contributed by atoms with van der Waals surface area (Å²) in [6.45, 7) is 2.72. The van der Waals surface area contributed by atoms with Crippen molar-refractivity contribution in [2.24, 2.45) is 0 Å². The number of likely N-dealkylation sites (tertiary alicyclic amines) is 1. The van der Waals surface area contributed by atoms with Crippen LogP contribution in [-0.4, -0.2) is 72.2 Å². The zero-order valence-corrected chi connectivity index (χ0v) is 20.8. The van der Waals surface area contributed by atoms with E-state index in [2.05, 4.69) is 10.2 Å². The van der Waals surface area contributed by atoms with Crippen molar-refractivity contribution >= 4 is 23.7 Å². The Labute approximate surface area is 216 Å². The Bertz CT molecular complexity index is 1240. The maximum Gasteiger partial charge on any atom is 0.411 e. The number of hydrogen-bond acceptors (Lipinski definition) is 5. The van der Waals surface area contributed by atoms with Crippen molar-refractivity contribution in [3.05, 3.63) is 90.0 Å². The molecule has 3 aromatic rings. The van der Waals surface area contributed by atoms with E-state index >= 15 is 0 Å². The number of carboxylic acid groups (broad SMARTS) is 1. The number of carboxylic acids is 1. The second-order valence-electron chi connectivity index (χ2n) is 9.10. The third kappa shape index (κ3) is 6.95. The maximum absolute atomic E-state index is 12.7. The van der Waals surface area contributed by atoms with Gasteiger partial charge in [0.2, 0.25) is 0 Å². The molecule has 4 rings (SSSR count).